The highest BCUT2D eigenvalue weighted by molar-refractivity contribution is 7.00. The summed E-state index contributed by atoms with van der Waals surface area (Å²) in [5.41, 5.74) is 23.9. The average molecular weight is 1100 g/mol. The minimum atomic E-state index is -0.131. The third-order valence-electron chi connectivity index (χ3n) is 17.3. The quantitative estimate of drug-likeness (QED) is 0.134. The first-order valence-electron chi connectivity index (χ1n) is 29.8. The van der Waals surface area contributed by atoms with Gasteiger partial charge in [0.2, 0.25) is 0 Å². The molecule has 0 N–H and O–H groups in total. The molecule has 0 bridgehead atoms. The van der Waals surface area contributed by atoms with Crippen LogP contribution >= 0.6 is 0 Å². The van der Waals surface area contributed by atoms with E-state index in [1.165, 1.54) is 44.3 Å². The first-order valence-corrected chi connectivity index (χ1v) is 29.8. The zero-order valence-corrected chi connectivity index (χ0v) is 50.8. The Kier molecular flexibility index (Phi) is 13.2. The van der Waals surface area contributed by atoms with E-state index < -0.39 is 0 Å². The number of para-hydroxylation sites is 3. The lowest BCUT2D eigenvalue weighted by Crippen LogP contribution is -2.61. The molecule has 0 fully saturated rings. The van der Waals surface area contributed by atoms with E-state index in [-0.39, 0.29) is 28.4 Å². The Labute approximate surface area is 498 Å². The zero-order valence-electron chi connectivity index (χ0n) is 50.8. The predicted octanol–water partition coefficient (Wildman–Crippen LogP) is 20.3. The highest BCUT2D eigenvalue weighted by Gasteiger charge is 2.45. The third kappa shape index (κ3) is 9.85. The van der Waals surface area contributed by atoms with Crippen LogP contribution in [0.3, 0.4) is 0 Å². The van der Waals surface area contributed by atoms with Gasteiger partial charge in [0, 0.05) is 73.5 Å². The maximum absolute atomic E-state index is 6.52. The topological polar surface area (TPSA) is 26.1 Å². The van der Waals surface area contributed by atoms with Crippen LogP contribution in [0.2, 0.25) is 0 Å². The third-order valence-corrected chi connectivity index (χ3v) is 17.3. The Hall–Kier alpha value is -9.00. The Bertz CT molecular complexity index is 4080. The molecule has 84 heavy (non-hydrogen) atoms. The summed E-state index contributed by atoms with van der Waals surface area (Å²) in [6.07, 6.45) is 0. The van der Waals surface area contributed by atoms with E-state index in [0.717, 1.165) is 84.9 Å². The minimum absolute atomic E-state index is 0.0185. The van der Waals surface area contributed by atoms with Crippen LogP contribution in [0.1, 0.15) is 105 Å². The van der Waals surface area contributed by atoms with E-state index in [4.69, 9.17) is 4.42 Å². The van der Waals surface area contributed by atoms with Gasteiger partial charge in [-0.3, -0.25) is 0 Å². The van der Waals surface area contributed by atoms with Gasteiger partial charge in [-0.25, -0.2) is 0 Å². The summed E-state index contributed by atoms with van der Waals surface area (Å²) < 4.78 is 6.52. The fourth-order valence-corrected chi connectivity index (χ4v) is 12.5. The summed E-state index contributed by atoms with van der Waals surface area (Å²) in [5.74, 6) is 0.842. The van der Waals surface area contributed by atoms with Crippen LogP contribution in [-0.2, 0) is 21.7 Å². The first-order chi connectivity index (χ1) is 40.2. The van der Waals surface area contributed by atoms with Crippen LogP contribution < -0.4 is 36.0 Å². The van der Waals surface area contributed by atoms with Gasteiger partial charge in [-0.05, 0) is 188 Å². The van der Waals surface area contributed by atoms with Crippen molar-refractivity contribution in [3.05, 3.63) is 259 Å². The summed E-state index contributed by atoms with van der Waals surface area (Å²) in [6, 6.07) is 88.3. The molecule has 0 radical (unpaired) electrons. The molecule has 11 aromatic rings. The van der Waals surface area contributed by atoms with Crippen LogP contribution in [0.15, 0.2) is 241 Å². The fourth-order valence-electron chi connectivity index (χ4n) is 12.5. The number of anilines is 12. The normalized spacial score (nSPS) is 13.2. The molecule has 0 saturated heterocycles. The maximum atomic E-state index is 6.52. The molecule has 0 amide bonds. The predicted molar refractivity (Wildman–Crippen MR) is 360 cm³/mol. The van der Waals surface area contributed by atoms with E-state index in [0.29, 0.717) is 0 Å². The van der Waals surface area contributed by atoms with E-state index in [1.54, 1.807) is 0 Å². The molecule has 6 heteroatoms. The van der Waals surface area contributed by atoms with Crippen LogP contribution in [0.5, 0.6) is 0 Å². The van der Waals surface area contributed by atoms with Crippen LogP contribution in [0.25, 0.3) is 22.3 Å². The second-order valence-electron chi connectivity index (χ2n) is 27.2. The van der Waals surface area contributed by atoms with Crippen molar-refractivity contribution in [3.63, 3.8) is 0 Å². The SMILES string of the molecule is CC(C)(C)c1ccc(N(c2ccc(C(C)(C)C)cc2)c2cc3c4c(c2)N(c2ccc(-c5cc6ccccc6o5)cc2)c2cc(N(c5ccccc5)c5ccccc5)ccc2B4c2cc(C(C)(C)C)ccc2N3c2ccc(C(C)(C)C)cc2)cc1. The fraction of sp³-hybridized carbons (Fsp3) is 0.205. The molecule has 0 spiro atoms. The summed E-state index contributed by atoms with van der Waals surface area (Å²) in [4.78, 5) is 9.98. The molecular weight excluding hydrogens is 1020 g/mol. The van der Waals surface area contributed by atoms with Crippen LogP contribution in [0, 0.1) is 0 Å². The van der Waals surface area contributed by atoms with Crippen molar-refractivity contribution in [1.29, 1.82) is 0 Å². The first kappa shape index (κ1) is 54.3. The molecular formula is C78H75BN4O. The lowest BCUT2D eigenvalue weighted by Gasteiger charge is -2.45. The Morgan fingerprint density at radius 3 is 1.25 bits per heavy atom. The van der Waals surface area contributed by atoms with Crippen molar-refractivity contribution >= 4 is 102 Å². The molecule has 0 aliphatic carbocycles. The Morgan fingerprint density at radius 2 is 0.738 bits per heavy atom. The molecule has 3 heterocycles. The summed E-state index contributed by atoms with van der Waals surface area (Å²) in [5, 5.41) is 1.09. The number of rotatable bonds is 9. The van der Waals surface area contributed by atoms with Crippen molar-refractivity contribution in [2.45, 2.75) is 105 Å². The highest BCUT2D eigenvalue weighted by atomic mass is 16.3. The second kappa shape index (κ2) is 20.4. The van der Waals surface area contributed by atoms with Crippen molar-refractivity contribution in [3.8, 4) is 11.3 Å². The molecule has 416 valence electrons. The standard InChI is InChI=1S/C78H75BN4O/c1-75(2,3)54-29-38-60(39-30-54)81(61-40-31-55(32-41-61)76(4,5)6)65-50-70-74-71(51-65)83(62-36-27-52(28-37-62)73-47-53-21-19-20-26-72(53)84-73)69-49-64(80(58-22-15-13-16-23-58)59-24-17-14-18-25-59)44-45-66(69)79(74)67-48-57(78(10,11)12)35-46-68(67)82(70)63-42-33-56(34-43-63)77(7,8)9/h13-51H,1-12H3. The number of hydrogen-bond acceptors (Lipinski definition) is 5. The van der Waals surface area contributed by atoms with Gasteiger partial charge in [0.1, 0.15) is 11.3 Å². The van der Waals surface area contributed by atoms with Gasteiger partial charge < -0.3 is 24.0 Å². The van der Waals surface area contributed by atoms with Gasteiger partial charge in [-0.15, -0.1) is 0 Å². The summed E-state index contributed by atoms with van der Waals surface area (Å²) in [7, 11) is 0. The van der Waals surface area contributed by atoms with Gasteiger partial charge in [0.15, 0.2) is 0 Å². The number of hydrogen-bond donors (Lipinski definition) is 0. The summed E-state index contributed by atoms with van der Waals surface area (Å²) in [6.45, 7) is 27.5. The van der Waals surface area contributed by atoms with E-state index >= 15 is 0 Å². The van der Waals surface area contributed by atoms with Crippen LogP contribution in [-0.4, -0.2) is 6.71 Å². The van der Waals surface area contributed by atoms with Gasteiger partial charge in [-0.1, -0.05) is 192 Å². The molecule has 0 saturated carbocycles. The summed E-state index contributed by atoms with van der Waals surface area (Å²) >= 11 is 0. The van der Waals surface area contributed by atoms with Crippen molar-refractivity contribution in [2.75, 3.05) is 19.6 Å². The molecule has 2 aliphatic rings. The van der Waals surface area contributed by atoms with Gasteiger partial charge in [0.05, 0.1) is 5.69 Å². The monoisotopic (exact) mass is 1090 g/mol. The number of fused-ring (bicyclic) bond motifs is 5. The largest absolute Gasteiger partial charge is 0.456 e. The van der Waals surface area contributed by atoms with Crippen molar-refractivity contribution in [1.82, 2.24) is 0 Å². The number of nitrogens with zero attached hydrogens (tertiary/aromatic N) is 4. The average Bonchev–Trinajstić information content (AvgIpc) is 1.05. The van der Waals surface area contributed by atoms with E-state index in [2.05, 4.69) is 327 Å². The molecule has 1 aromatic heterocycles. The Balaban J connectivity index is 1.13. The molecule has 0 unspecified atom stereocenters. The smallest absolute Gasteiger partial charge is 0.252 e. The van der Waals surface area contributed by atoms with E-state index in [9.17, 15) is 0 Å². The van der Waals surface area contributed by atoms with Gasteiger partial charge in [0.25, 0.3) is 6.71 Å². The van der Waals surface area contributed by atoms with Crippen molar-refractivity contribution < 1.29 is 4.42 Å². The lowest BCUT2D eigenvalue weighted by atomic mass is 9.33. The molecule has 0 atom stereocenters. The van der Waals surface area contributed by atoms with E-state index in [1.807, 2.05) is 12.1 Å². The van der Waals surface area contributed by atoms with Crippen molar-refractivity contribution in [2.24, 2.45) is 0 Å². The zero-order chi connectivity index (χ0) is 58.5. The number of furan rings is 1. The molecule has 13 rings (SSSR count). The number of benzene rings is 10. The maximum Gasteiger partial charge on any atom is 0.252 e. The van der Waals surface area contributed by atoms with Gasteiger partial charge in [-0.2, -0.15) is 0 Å². The molecule has 2 aliphatic heterocycles. The van der Waals surface area contributed by atoms with Crippen LogP contribution in [0.4, 0.5) is 68.2 Å². The molecule has 10 aromatic carbocycles. The minimum Gasteiger partial charge on any atom is -0.456 e. The lowest BCUT2D eigenvalue weighted by molar-refractivity contribution is 0.590. The Morgan fingerprint density at radius 1 is 0.321 bits per heavy atom. The highest BCUT2D eigenvalue weighted by Crippen LogP contribution is 2.50. The van der Waals surface area contributed by atoms with Gasteiger partial charge >= 0.3 is 0 Å². The molecule has 5 nitrogen and oxygen atoms in total. The second-order valence-corrected chi connectivity index (χ2v) is 27.2.